The molecule has 6 nitrogen and oxygen atoms in total. The summed E-state index contributed by atoms with van der Waals surface area (Å²) < 4.78 is 1.92. The molecule has 0 bridgehead atoms. The summed E-state index contributed by atoms with van der Waals surface area (Å²) in [4.78, 5) is 15.8. The maximum atomic E-state index is 11.4. The number of rotatable bonds is 6. The fourth-order valence-corrected chi connectivity index (χ4v) is 3.08. The number of carboxylic acids is 1. The van der Waals surface area contributed by atoms with Gasteiger partial charge in [-0.05, 0) is 25.2 Å². The summed E-state index contributed by atoms with van der Waals surface area (Å²) >= 11 is 0. The quantitative estimate of drug-likeness (QED) is 0.821. The molecule has 1 saturated carbocycles. The third-order valence-electron chi connectivity index (χ3n) is 4.38. The summed E-state index contributed by atoms with van der Waals surface area (Å²) in [6, 6.07) is 0. The Morgan fingerprint density at radius 1 is 1.50 bits per heavy atom. The molecule has 1 aromatic rings. The summed E-state index contributed by atoms with van der Waals surface area (Å²) in [6.07, 6.45) is 4.77. The van der Waals surface area contributed by atoms with E-state index in [1.807, 2.05) is 11.6 Å². The lowest BCUT2D eigenvalue weighted by molar-refractivity contribution is -0.144. The molecule has 1 aliphatic rings. The highest BCUT2D eigenvalue weighted by molar-refractivity contribution is 5.79. The Morgan fingerprint density at radius 3 is 2.85 bits per heavy atom. The predicted molar refractivity (Wildman–Crippen MR) is 75.3 cm³/mol. The van der Waals surface area contributed by atoms with E-state index < -0.39 is 11.5 Å². The minimum Gasteiger partial charge on any atom is -0.480 e. The zero-order valence-electron chi connectivity index (χ0n) is 12.3. The van der Waals surface area contributed by atoms with Crippen LogP contribution in [-0.4, -0.2) is 31.4 Å². The average Bonchev–Trinajstić information content (AvgIpc) is 3.00. The SMILES string of the molecule is CCc1nc(CC)n(CCC2CCCC2(N)C(=O)O)n1. The first-order chi connectivity index (χ1) is 9.51. The Morgan fingerprint density at radius 2 is 2.25 bits per heavy atom. The predicted octanol–water partition coefficient (Wildman–Crippen LogP) is 1.38. The molecule has 6 heteroatoms. The van der Waals surface area contributed by atoms with E-state index in [4.69, 9.17) is 5.73 Å². The van der Waals surface area contributed by atoms with E-state index in [-0.39, 0.29) is 5.92 Å². The van der Waals surface area contributed by atoms with E-state index >= 15 is 0 Å². The maximum Gasteiger partial charge on any atom is 0.323 e. The molecule has 2 atom stereocenters. The molecular formula is C14H24N4O2. The standard InChI is InChI=1S/C14H24N4O2/c1-3-11-16-12(4-2)18(17-11)9-7-10-6-5-8-14(10,15)13(19)20/h10H,3-9,15H2,1-2H3,(H,19,20). The van der Waals surface area contributed by atoms with E-state index in [0.717, 1.165) is 43.8 Å². The number of carbonyl (C=O) groups is 1. The molecule has 0 amide bonds. The molecule has 1 heterocycles. The van der Waals surface area contributed by atoms with Crippen molar-refractivity contribution in [3.8, 4) is 0 Å². The molecule has 2 rings (SSSR count). The number of carboxylic acid groups (broad SMARTS) is 1. The van der Waals surface area contributed by atoms with Gasteiger partial charge in [0.25, 0.3) is 0 Å². The second-order valence-corrected chi connectivity index (χ2v) is 5.60. The van der Waals surface area contributed by atoms with Crippen molar-refractivity contribution in [1.82, 2.24) is 14.8 Å². The van der Waals surface area contributed by atoms with Crippen molar-refractivity contribution in [2.45, 2.75) is 64.5 Å². The van der Waals surface area contributed by atoms with Crippen LogP contribution in [-0.2, 0) is 24.2 Å². The van der Waals surface area contributed by atoms with Gasteiger partial charge in [0, 0.05) is 19.4 Å². The Hall–Kier alpha value is -1.43. The van der Waals surface area contributed by atoms with Crippen LogP contribution in [0, 0.1) is 5.92 Å². The number of nitrogens with two attached hydrogens (primary N) is 1. The number of nitrogens with zero attached hydrogens (tertiary/aromatic N) is 3. The van der Waals surface area contributed by atoms with Crippen molar-refractivity contribution in [3.05, 3.63) is 11.6 Å². The van der Waals surface area contributed by atoms with Gasteiger partial charge in [0.15, 0.2) is 5.82 Å². The van der Waals surface area contributed by atoms with Gasteiger partial charge < -0.3 is 10.8 Å². The summed E-state index contributed by atoms with van der Waals surface area (Å²) in [5.74, 6) is 0.978. The number of hydrogen-bond donors (Lipinski definition) is 2. The lowest BCUT2D eigenvalue weighted by Crippen LogP contribution is -2.51. The highest BCUT2D eigenvalue weighted by Gasteiger charge is 2.45. The van der Waals surface area contributed by atoms with E-state index in [1.54, 1.807) is 0 Å². The Labute approximate surface area is 119 Å². The number of hydrogen-bond acceptors (Lipinski definition) is 4. The molecule has 2 unspecified atom stereocenters. The van der Waals surface area contributed by atoms with E-state index in [0.29, 0.717) is 13.0 Å². The van der Waals surface area contributed by atoms with E-state index in [2.05, 4.69) is 17.0 Å². The normalized spacial score (nSPS) is 26.1. The van der Waals surface area contributed by atoms with Gasteiger partial charge in [-0.25, -0.2) is 9.67 Å². The van der Waals surface area contributed by atoms with Crippen LogP contribution in [0.15, 0.2) is 0 Å². The molecule has 0 saturated heterocycles. The van der Waals surface area contributed by atoms with Crippen LogP contribution in [0.3, 0.4) is 0 Å². The Kier molecular flexibility index (Phi) is 4.42. The van der Waals surface area contributed by atoms with Gasteiger partial charge in [-0.15, -0.1) is 0 Å². The lowest BCUT2D eigenvalue weighted by atomic mass is 9.86. The highest BCUT2D eigenvalue weighted by atomic mass is 16.4. The summed E-state index contributed by atoms with van der Waals surface area (Å²) in [7, 11) is 0. The summed E-state index contributed by atoms with van der Waals surface area (Å²) in [5, 5.41) is 13.8. The van der Waals surface area contributed by atoms with Gasteiger partial charge >= 0.3 is 5.97 Å². The fraction of sp³-hybridized carbons (Fsp3) is 0.786. The lowest BCUT2D eigenvalue weighted by Gasteiger charge is -2.26. The highest BCUT2D eigenvalue weighted by Crippen LogP contribution is 2.36. The van der Waals surface area contributed by atoms with Crippen molar-refractivity contribution in [2.75, 3.05) is 0 Å². The summed E-state index contributed by atoms with van der Waals surface area (Å²) in [5.41, 5.74) is 5.01. The van der Waals surface area contributed by atoms with Gasteiger partial charge in [0.1, 0.15) is 11.4 Å². The molecule has 1 fully saturated rings. The van der Waals surface area contributed by atoms with Crippen molar-refractivity contribution < 1.29 is 9.90 Å². The van der Waals surface area contributed by atoms with Crippen LogP contribution in [0.25, 0.3) is 0 Å². The van der Waals surface area contributed by atoms with Gasteiger partial charge in [0.05, 0.1) is 0 Å². The second kappa shape index (κ2) is 5.91. The van der Waals surface area contributed by atoms with Crippen LogP contribution in [0.2, 0.25) is 0 Å². The van der Waals surface area contributed by atoms with Crippen molar-refractivity contribution >= 4 is 5.97 Å². The molecule has 0 aromatic carbocycles. The zero-order chi connectivity index (χ0) is 14.8. The number of aryl methyl sites for hydroxylation is 3. The first-order valence-corrected chi connectivity index (χ1v) is 7.46. The zero-order valence-corrected chi connectivity index (χ0v) is 12.3. The van der Waals surface area contributed by atoms with E-state index in [9.17, 15) is 9.90 Å². The van der Waals surface area contributed by atoms with Crippen LogP contribution in [0.4, 0.5) is 0 Å². The molecule has 0 radical (unpaired) electrons. The number of aliphatic carboxylic acids is 1. The van der Waals surface area contributed by atoms with Crippen LogP contribution in [0.5, 0.6) is 0 Å². The first-order valence-electron chi connectivity index (χ1n) is 7.46. The van der Waals surface area contributed by atoms with Gasteiger partial charge in [-0.3, -0.25) is 4.79 Å². The van der Waals surface area contributed by atoms with Crippen molar-refractivity contribution in [2.24, 2.45) is 11.7 Å². The van der Waals surface area contributed by atoms with E-state index in [1.165, 1.54) is 0 Å². The third-order valence-corrected chi connectivity index (χ3v) is 4.38. The smallest absolute Gasteiger partial charge is 0.323 e. The minimum absolute atomic E-state index is 0.0268. The molecular weight excluding hydrogens is 256 g/mol. The fourth-order valence-electron chi connectivity index (χ4n) is 3.08. The summed E-state index contributed by atoms with van der Waals surface area (Å²) in [6.45, 7) is 4.79. The third kappa shape index (κ3) is 2.70. The average molecular weight is 280 g/mol. The second-order valence-electron chi connectivity index (χ2n) is 5.60. The minimum atomic E-state index is -1.06. The largest absolute Gasteiger partial charge is 0.480 e. The van der Waals surface area contributed by atoms with Crippen LogP contribution >= 0.6 is 0 Å². The Bertz CT molecular complexity index is 486. The van der Waals surface area contributed by atoms with Crippen molar-refractivity contribution in [1.29, 1.82) is 0 Å². The van der Waals surface area contributed by atoms with Crippen LogP contribution < -0.4 is 5.73 Å². The maximum absolute atomic E-state index is 11.4. The Balaban J connectivity index is 2.05. The molecule has 1 aromatic heterocycles. The molecule has 0 aliphatic heterocycles. The topological polar surface area (TPSA) is 94.0 Å². The van der Waals surface area contributed by atoms with Gasteiger partial charge in [-0.2, -0.15) is 5.10 Å². The first kappa shape index (κ1) is 15.0. The molecule has 112 valence electrons. The van der Waals surface area contributed by atoms with Crippen molar-refractivity contribution in [3.63, 3.8) is 0 Å². The van der Waals surface area contributed by atoms with Crippen LogP contribution in [0.1, 0.15) is 51.2 Å². The molecule has 0 spiro atoms. The monoisotopic (exact) mass is 280 g/mol. The molecule has 1 aliphatic carbocycles. The number of aromatic nitrogens is 3. The van der Waals surface area contributed by atoms with Gasteiger partial charge in [-0.1, -0.05) is 20.3 Å². The van der Waals surface area contributed by atoms with Gasteiger partial charge in [0.2, 0.25) is 0 Å². The molecule has 20 heavy (non-hydrogen) atoms. The molecule has 3 N–H and O–H groups in total.